The van der Waals surface area contributed by atoms with Crippen LogP contribution in [-0.4, -0.2) is 31.4 Å². The topological polar surface area (TPSA) is 80.0 Å². The van der Waals surface area contributed by atoms with Crippen LogP contribution in [0.1, 0.15) is 42.7 Å². The largest absolute Gasteiger partial charge is 0.478 e. The molecule has 1 aliphatic rings. The molecule has 6 heteroatoms. The SMILES string of the molecule is Cc1nn(C)c2ncc(C(=O)O)c(NC(C)(C)C3CC3)c12. The number of nitrogens with zero attached hydrogens (tertiary/aromatic N) is 3. The molecule has 2 aromatic heterocycles. The van der Waals surface area contributed by atoms with E-state index >= 15 is 0 Å². The number of aryl methyl sites for hydroxylation is 2. The Morgan fingerprint density at radius 1 is 1.48 bits per heavy atom. The van der Waals surface area contributed by atoms with Gasteiger partial charge in [0.2, 0.25) is 0 Å². The predicted molar refractivity (Wildman–Crippen MR) is 80.6 cm³/mol. The summed E-state index contributed by atoms with van der Waals surface area (Å²) in [5.74, 6) is -0.388. The minimum absolute atomic E-state index is 0.138. The molecule has 2 N–H and O–H groups in total. The van der Waals surface area contributed by atoms with Crippen molar-refractivity contribution in [2.75, 3.05) is 5.32 Å². The van der Waals surface area contributed by atoms with Gasteiger partial charge in [0.15, 0.2) is 5.65 Å². The zero-order valence-corrected chi connectivity index (χ0v) is 12.8. The highest BCUT2D eigenvalue weighted by Crippen LogP contribution is 2.42. The third-order valence-electron chi connectivity index (χ3n) is 4.30. The first-order chi connectivity index (χ1) is 9.81. The predicted octanol–water partition coefficient (Wildman–Crippen LogP) is 2.58. The van der Waals surface area contributed by atoms with Crippen molar-refractivity contribution >= 4 is 22.7 Å². The fourth-order valence-electron chi connectivity index (χ4n) is 2.93. The molecule has 0 spiro atoms. The van der Waals surface area contributed by atoms with E-state index in [1.54, 1.807) is 4.68 Å². The zero-order valence-electron chi connectivity index (χ0n) is 12.8. The van der Waals surface area contributed by atoms with Gasteiger partial charge in [-0.2, -0.15) is 5.10 Å². The summed E-state index contributed by atoms with van der Waals surface area (Å²) in [6.07, 6.45) is 3.78. The lowest BCUT2D eigenvalue weighted by atomic mass is 9.97. The van der Waals surface area contributed by atoms with Gasteiger partial charge in [-0.05, 0) is 39.5 Å². The second kappa shape index (κ2) is 4.44. The second-order valence-corrected chi connectivity index (χ2v) is 6.38. The molecule has 2 heterocycles. The van der Waals surface area contributed by atoms with Crippen molar-refractivity contribution in [1.29, 1.82) is 0 Å². The van der Waals surface area contributed by atoms with Crippen molar-refractivity contribution in [2.24, 2.45) is 13.0 Å². The molecule has 0 unspecified atom stereocenters. The Bertz CT molecular complexity index is 729. The van der Waals surface area contributed by atoms with Crippen LogP contribution in [0.2, 0.25) is 0 Å². The van der Waals surface area contributed by atoms with E-state index in [0.29, 0.717) is 17.3 Å². The van der Waals surface area contributed by atoms with E-state index < -0.39 is 5.97 Å². The van der Waals surface area contributed by atoms with Gasteiger partial charge in [-0.15, -0.1) is 0 Å². The molecular weight excluding hydrogens is 268 g/mol. The lowest BCUT2D eigenvalue weighted by molar-refractivity contribution is 0.0697. The van der Waals surface area contributed by atoms with Gasteiger partial charge in [0.25, 0.3) is 0 Å². The fourth-order valence-corrected chi connectivity index (χ4v) is 2.93. The van der Waals surface area contributed by atoms with Crippen molar-refractivity contribution < 1.29 is 9.90 Å². The maximum atomic E-state index is 11.5. The average molecular weight is 288 g/mol. The van der Waals surface area contributed by atoms with Crippen LogP contribution in [0.25, 0.3) is 11.0 Å². The van der Waals surface area contributed by atoms with E-state index in [1.807, 2.05) is 14.0 Å². The molecule has 0 aromatic carbocycles. The molecule has 0 bridgehead atoms. The van der Waals surface area contributed by atoms with Crippen LogP contribution in [0.3, 0.4) is 0 Å². The third-order valence-corrected chi connectivity index (χ3v) is 4.30. The average Bonchev–Trinajstić information content (AvgIpc) is 3.18. The number of carboxylic acid groups (broad SMARTS) is 1. The highest BCUT2D eigenvalue weighted by molar-refractivity contribution is 6.04. The van der Waals surface area contributed by atoms with E-state index in [-0.39, 0.29) is 11.1 Å². The molecule has 0 atom stereocenters. The Morgan fingerprint density at radius 2 is 2.14 bits per heavy atom. The van der Waals surface area contributed by atoms with Crippen LogP contribution in [0.4, 0.5) is 5.69 Å². The number of anilines is 1. The summed E-state index contributed by atoms with van der Waals surface area (Å²) in [5.41, 5.74) is 2.19. The van der Waals surface area contributed by atoms with Crippen LogP contribution < -0.4 is 5.32 Å². The normalized spacial score (nSPS) is 15.4. The van der Waals surface area contributed by atoms with Crippen molar-refractivity contribution in [2.45, 2.75) is 39.2 Å². The lowest BCUT2D eigenvalue weighted by Crippen LogP contribution is -2.34. The minimum atomic E-state index is -0.971. The van der Waals surface area contributed by atoms with E-state index in [2.05, 4.69) is 29.2 Å². The minimum Gasteiger partial charge on any atom is -0.478 e. The van der Waals surface area contributed by atoms with Crippen LogP contribution >= 0.6 is 0 Å². The molecule has 2 aromatic rings. The Balaban J connectivity index is 2.21. The van der Waals surface area contributed by atoms with Gasteiger partial charge in [-0.1, -0.05) is 0 Å². The summed E-state index contributed by atoms with van der Waals surface area (Å²) in [6.45, 7) is 6.12. The molecule has 21 heavy (non-hydrogen) atoms. The van der Waals surface area contributed by atoms with Gasteiger partial charge < -0.3 is 10.4 Å². The number of hydrogen-bond donors (Lipinski definition) is 2. The maximum absolute atomic E-state index is 11.5. The highest BCUT2D eigenvalue weighted by Gasteiger charge is 2.38. The van der Waals surface area contributed by atoms with E-state index in [4.69, 9.17) is 0 Å². The molecule has 1 aliphatic carbocycles. The first kappa shape index (κ1) is 13.9. The zero-order chi connectivity index (χ0) is 15.4. The Labute approximate surface area is 123 Å². The van der Waals surface area contributed by atoms with E-state index in [1.165, 1.54) is 19.0 Å². The number of aromatic carboxylic acids is 1. The number of carbonyl (C=O) groups is 1. The summed E-state index contributed by atoms with van der Waals surface area (Å²) >= 11 is 0. The summed E-state index contributed by atoms with van der Waals surface area (Å²) < 4.78 is 1.69. The van der Waals surface area contributed by atoms with Crippen molar-refractivity contribution in [1.82, 2.24) is 14.8 Å². The lowest BCUT2D eigenvalue weighted by Gasteiger charge is -2.28. The number of hydrogen-bond acceptors (Lipinski definition) is 4. The van der Waals surface area contributed by atoms with Gasteiger partial charge in [0, 0.05) is 18.8 Å². The van der Waals surface area contributed by atoms with Crippen LogP contribution in [0.5, 0.6) is 0 Å². The Kier molecular flexibility index (Phi) is 2.93. The first-order valence-electron chi connectivity index (χ1n) is 7.15. The molecular formula is C15H20N4O2. The van der Waals surface area contributed by atoms with Gasteiger partial charge >= 0.3 is 5.97 Å². The molecule has 0 saturated heterocycles. The molecule has 0 amide bonds. The van der Waals surface area contributed by atoms with Gasteiger partial charge in [-0.3, -0.25) is 4.68 Å². The summed E-state index contributed by atoms with van der Waals surface area (Å²) in [4.78, 5) is 15.8. The van der Waals surface area contributed by atoms with Crippen molar-refractivity contribution in [3.63, 3.8) is 0 Å². The molecule has 6 nitrogen and oxygen atoms in total. The number of fused-ring (bicyclic) bond motifs is 1. The molecule has 0 radical (unpaired) electrons. The summed E-state index contributed by atoms with van der Waals surface area (Å²) in [7, 11) is 1.82. The molecule has 1 fully saturated rings. The number of carboxylic acids is 1. The van der Waals surface area contributed by atoms with Crippen molar-refractivity contribution in [3.05, 3.63) is 17.5 Å². The quantitative estimate of drug-likeness (QED) is 0.904. The number of pyridine rings is 1. The smallest absolute Gasteiger partial charge is 0.339 e. The van der Waals surface area contributed by atoms with Crippen LogP contribution in [-0.2, 0) is 7.05 Å². The molecule has 1 saturated carbocycles. The van der Waals surface area contributed by atoms with Crippen LogP contribution in [0.15, 0.2) is 6.20 Å². The van der Waals surface area contributed by atoms with E-state index in [9.17, 15) is 9.90 Å². The second-order valence-electron chi connectivity index (χ2n) is 6.38. The highest BCUT2D eigenvalue weighted by atomic mass is 16.4. The fraction of sp³-hybridized carbons (Fsp3) is 0.533. The molecule has 112 valence electrons. The molecule has 3 rings (SSSR count). The third kappa shape index (κ3) is 2.24. The molecule has 0 aliphatic heterocycles. The summed E-state index contributed by atoms with van der Waals surface area (Å²) in [6, 6.07) is 0. The Morgan fingerprint density at radius 3 is 2.71 bits per heavy atom. The number of aromatic nitrogens is 3. The monoisotopic (exact) mass is 288 g/mol. The van der Waals surface area contributed by atoms with Gasteiger partial charge in [-0.25, -0.2) is 9.78 Å². The number of rotatable bonds is 4. The maximum Gasteiger partial charge on any atom is 0.339 e. The number of nitrogens with one attached hydrogen (secondary N) is 1. The first-order valence-corrected chi connectivity index (χ1v) is 7.15. The van der Waals surface area contributed by atoms with Crippen molar-refractivity contribution in [3.8, 4) is 0 Å². The standard InChI is InChI=1S/C15H20N4O2/c1-8-11-12(17-15(2,3)9-5-6-9)10(14(20)21)7-16-13(11)19(4)18-8/h7,9H,5-6H2,1-4H3,(H,16,17)(H,20,21). The van der Waals surface area contributed by atoms with Crippen LogP contribution in [0, 0.1) is 12.8 Å². The van der Waals surface area contributed by atoms with Gasteiger partial charge in [0.05, 0.1) is 16.8 Å². The summed E-state index contributed by atoms with van der Waals surface area (Å²) in [5, 5.41) is 18.1. The Hall–Kier alpha value is -2.11. The van der Waals surface area contributed by atoms with Gasteiger partial charge in [0.1, 0.15) is 5.56 Å². The van der Waals surface area contributed by atoms with E-state index in [0.717, 1.165) is 11.1 Å².